The summed E-state index contributed by atoms with van der Waals surface area (Å²) < 4.78 is 11.5. The molecule has 1 aliphatic carbocycles. The van der Waals surface area contributed by atoms with E-state index in [4.69, 9.17) is 21.1 Å². The zero-order chi connectivity index (χ0) is 22.0. The van der Waals surface area contributed by atoms with Crippen molar-refractivity contribution in [3.05, 3.63) is 63.2 Å². The maximum absolute atomic E-state index is 13.4. The van der Waals surface area contributed by atoms with Gasteiger partial charge in [-0.15, -0.1) is 0 Å². The number of carbonyl (C=O) groups excluding carboxylic acids is 2. The van der Waals surface area contributed by atoms with Gasteiger partial charge in [-0.05, 0) is 37.8 Å². The van der Waals surface area contributed by atoms with Crippen molar-refractivity contribution >= 4 is 23.4 Å². The molecule has 4 nitrogen and oxygen atoms in total. The summed E-state index contributed by atoms with van der Waals surface area (Å²) in [7, 11) is 1.60. The quantitative estimate of drug-likeness (QED) is 0.481. The van der Waals surface area contributed by atoms with Crippen molar-refractivity contribution in [1.29, 1.82) is 0 Å². The lowest BCUT2D eigenvalue weighted by Crippen LogP contribution is -2.23. The molecule has 0 saturated carbocycles. The molecule has 0 N–H and O–H groups in total. The van der Waals surface area contributed by atoms with Gasteiger partial charge in [0.05, 0.1) is 24.0 Å². The number of Topliss-reactive ketones (excluding diaryl/α,β-unsaturated/α-hetero) is 1. The van der Waals surface area contributed by atoms with Gasteiger partial charge in [0.25, 0.3) is 0 Å². The van der Waals surface area contributed by atoms with E-state index in [2.05, 4.69) is 6.92 Å². The van der Waals surface area contributed by atoms with Gasteiger partial charge in [-0.3, -0.25) is 9.59 Å². The number of methoxy groups -OCH3 is 1. The van der Waals surface area contributed by atoms with E-state index < -0.39 is 12.0 Å². The van der Waals surface area contributed by atoms with Gasteiger partial charge in [0.1, 0.15) is 11.9 Å². The molecular formula is C25H29ClO4. The molecule has 0 saturated heterocycles. The number of esters is 1. The summed E-state index contributed by atoms with van der Waals surface area (Å²) in [5.74, 6) is -0.460. The summed E-state index contributed by atoms with van der Waals surface area (Å²) in [6, 6.07) is 9.23. The average Bonchev–Trinajstić information content (AvgIpc) is 3.01. The Labute approximate surface area is 183 Å². The number of halogens is 1. The van der Waals surface area contributed by atoms with Gasteiger partial charge in [-0.1, -0.05) is 62.2 Å². The zero-order valence-electron chi connectivity index (χ0n) is 18.3. The van der Waals surface area contributed by atoms with Crippen LogP contribution in [0.1, 0.15) is 77.7 Å². The predicted octanol–water partition coefficient (Wildman–Crippen LogP) is 6.36. The molecule has 0 heterocycles. The van der Waals surface area contributed by atoms with Gasteiger partial charge in [-0.2, -0.15) is 0 Å². The molecule has 0 amide bonds. The fourth-order valence-electron chi connectivity index (χ4n) is 4.46. The van der Waals surface area contributed by atoms with Crippen LogP contribution in [0.2, 0.25) is 5.02 Å². The summed E-state index contributed by atoms with van der Waals surface area (Å²) in [6.45, 7) is 7.84. The van der Waals surface area contributed by atoms with Gasteiger partial charge in [0, 0.05) is 16.7 Å². The van der Waals surface area contributed by atoms with Gasteiger partial charge in [-0.25, -0.2) is 0 Å². The van der Waals surface area contributed by atoms with Crippen LogP contribution in [-0.4, -0.2) is 18.9 Å². The van der Waals surface area contributed by atoms with E-state index in [-0.39, 0.29) is 17.7 Å². The van der Waals surface area contributed by atoms with Crippen LogP contribution in [0.3, 0.4) is 0 Å². The smallest absolute Gasteiger partial charge is 0.309 e. The summed E-state index contributed by atoms with van der Waals surface area (Å²) in [5.41, 5.74) is 3.68. The first-order valence-corrected chi connectivity index (χ1v) is 10.9. The highest BCUT2D eigenvalue weighted by atomic mass is 35.5. The third-order valence-electron chi connectivity index (χ3n) is 6.02. The number of ether oxygens (including phenoxy) is 2. The largest absolute Gasteiger partial charge is 0.496 e. The van der Waals surface area contributed by atoms with Crippen molar-refractivity contribution in [2.75, 3.05) is 7.11 Å². The Kier molecular flexibility index (Phi) is 6.87. The first-order valence-electron chi connectivity index (χ1n) is 10.5. The fraction of sp³-hybridized carbons (Fsp3) is 0.440. The highest BCUT2D eigenvalue weighted by Crippen LogP contribution is 2.49. The molecule has 3 unspecified atom stereocenters. The van der Waals surface area contributed by atoms with Crippen LogP contribution in [0.5, 0.6) is 5.75 Å². The number of aryl methyl sites for hydroxylation is 1. The number of fused-ring (bicyclic) bond motifs is 1. The van der Waals surface area contributed by atoms with Gasteiger partial charge >= 0.3 is 5.97 Å². The maximum Gasteiger partial charge on any atom is 0.309 e. The van der Waals surface area contributed by atoms with Crippen LogP contribution < -0.4 is 4.74 Å². The Morgan fingerprint density at radius 2 is 1.87 bits per heavy atom. The Hall–Kier alpha value is -2.33. The van der Waals surface area contributed by atoms with Gasteiger partial charge < -0.3 is 9.47 Å². The van der Waals surface area contributed by atoms with Crippen LogP contribution in [0.25, 0.3) is 0 Å². The van der Waals surface area contributed by atoms with E-state index in [0.717, 1.165) is 29.5 Å². The average molecular weight is 429 g/mol. The molecule has 3 atom stereocenters. The van der Waals surface area contributed by atoms with Crippen molar-refractivity contribution in [2.24, 2.45) is 5.92 Å². The second kappa shape index (κ2) is 9.22. The number of ketones is 1. The second-order valence-electron chi connectivity index (χ2n) is 7.94. The number of benzene rings is 2. The molecule has 3 rings (SSSR count). The van der Waals surface area contributed by atoms with Crippen molar-refractivity contribution in [3.8, 4) is 5.75 Å². The molecule has 160 valence electrons. The maximum atomic E-state index is 13.4. The Morgan fingerprint density at radius 1 is 1.17 bits per heavy atom. The molecule has 30 heavy (non-hydrogen) atoms. The first-order chi connectivity index (χ1) is 14.3. The molecule has 5 heteroatoms. The standard InChI is InChI=1S/C25H29ClO4/c1-6-10-16(7-2)25(28)30-24-18-12-9-8-11-17(18)22(27)20(24)19-13-14(3)23(29-5)15(4)21(19)26/h8-9,11-13,16,20,24H,6-7,10H2,1-5H3. The molecule has 1 aliphatic rings. The number of rotatable bonds is 7. The molecule has 2 aromatic rings. The lowest BCUT2D eigenvalue weighted by Gasteiger charge is -2.25. The Morgan fingerprint density at radius 3 is 2.50 bits per heavy atom. The summed E-state index contributed by atoms with van der Waals surface area (Å²) in [6.07, 6.45) is 1.70. The molecule has 0 aliphatic heterocycles. The molecule has 0 radical (unpaired) electrons. The topological polar surface area (TPSA) is 52.6 Å². The van der Waals surface area contributed by atoms with Gasteiger partial charge in [0.2, 0.25) is 0 Å². The highest BCUT2D eigenvalue weighted by molar-refractivity contribution is 6.33. The minimum atomic E-state index is -0.684. The van der Waals surface area contributed by atoms with Gasteiger partial charge in [0.15, 0.2) is 5.78 Å². The number of hydrogen-bond acceptors (Lipinski definition) is 4. The molecular weight excluding hydrogens is 400 g/mol. The highest BCUT2D eigenvalue weighted by Gasteiger charge is 2.45. The minimum absolute atomic E-state index is 0.0715. The normalized spacial score (nSPS) is 18.8. The molecule has 0 bridgehead atoms. The molecule has 0 spiro atoms. The summed E-state index contributed by atoms with van der Waals surface area (Å²) in [4.78, 5) is 26.3. The predicted molar refractivity (Wildman–Crippen MR) is 119 cm³/mol. The van der Waals surface area contributed by atoms with E-state index in [1.54, 1.807) is 13.2 Å². The van der Waals surface area contributed by atoms with Crippen molar-refractivity contribution in [3.63, 3.8) is 0 Å². The van der Waals surface area contributed by atoms with Crippen LogP contribution in [0.4, 0.5) is 0 Å². The minimum Gasteiger partial charge on any atom is -0.496 e. The number of carbonyl (C=O) groups is 2. The van der Waals surface area contributed by atoms with E-state index in [0.29, 0.717) is 28.3 Å². The van der Waals surface area contributed by atoms with Crippen molar-refractivity contribution < 1.29 is 19.1 Å². The molecule has 0 fully saturated rings. The lowest BCUT2D eigenvalue weighted by molar-refractivity contribution is -0.155. The second-order valence-corrected chi connectivity index (χ2v) is 8.31. The monoisotopic (exact) mass is 428 g/mol. The van der Waals surface area contributed by atoms with Crippen molar-refractivity contribution in [1.82, 2.24) is 0 Å². The SMILES string of the molecule is CCCC(CC)C(=O)OC1c2ccccc2C(=O)C1c1cc(C)c(OC)c(C)c1Cl. The zero-order valence-corrected chi connectivity index (χ0v) is 19.0. The summed E-state index contributed by atoms with van der Waals surface area (Å²) in [5, 5.41) is 0.477. The van der Waals surface area contributed by atoms with Crippen LogP contribution in [-0.2, 0) is 9.53 Å². The number of hydrogen-bond donors (Lipinski definition) is 0. The third-order valence-corrected chi connectivity index (χ3v) is 6.52. The van der Waals surface area contributed by atoms with E-state index in [9.17, 15) is 9.59 Å². The van der Waals surface area contributed by atoms with Crippen molar-refractivity contribution in [2.45, 2.75) is 59.0 Å². The van der Waals surface area contributed by atoms with Crippen LogP contribution in [0, 0.1) is 19.8 Å². The van der Waals surface area contributed by atoms with E-state index >= 15 is 0 Å². The van der Waals surface area contributed by atoms with Crippen LogP contribution in [0.15, 0.2) is 30.3 Å². The van der Waals surface area contributed by atoms with E-state index in [1.165, 1.54) is 0 Å². The molecule has 2 aromatic carbocycles. The fourth-order valence-corrected chi connectivity index (χ4v) is 4.72. The Balaban J connectivity index is 2.09. The Bertz CT molecular complexity index is 966. The first kappa shape index (κ1) is 22.4. The van der Waals surface area contributed by atoms with Crippen LogP contribution >= 0.6 is 11.6 Å². The molecule has 0 aromatic heterocycles. The summed E-state index contributed by atoms with van der Waals surface area (Å²) >= 11 is 6.71. The van der Waals surface area contributed by atoms with E-state index in [1.807, 2.05) is 45.0 Å². The third kappa shape index (κ3) is 3.85. The lowest BCUT2D eigenvalue weighted by atomic mass is 9.89.